The van der Waals surface area contributed by atoms with Crippen LogP contribution in [0.3, 0.4) is 0 Å². The van der Waals surface area contributed by atoms with E-state index in [0.717, 1.165) is 28.4 Å². The standard InChI is InChI=1S/C14H18BrNO2/c1-3-6-16-9-14(2,17)13-8-10-7-11(15)4-5-12(10)18-13/h4-5,7-8,16-17H,3,6,9H2,1-2H3. The first-order chi connectivity index (χ1) is 8.53. The van der Waals surface area contributed by atoms with Crippen molar-refractivity contribution in [2.24, 2.45) is 0 Å². The number of hydrogen-bond donors (Lipinski definition) is 2. The highest BCUT2D eigenvalue weighted by Gasteiger charge is 2.26. The zero-order valence-electron chi connectivity index (χ0n) is 10.7. The second-order valence-corrected chi connectivity index (χ2v) is 5.66. The van der Waals surface area contributed by atoms with E-state index < -0.39 is 5.60 Å². The Kier molecular flexibility index (Phi) is 4.10. The summed E-state index contributed by atoms with van der Waals surface area (Å²) >= 11 is 3.43. The van der Waals surface area contributed by atoms with Crippen LogP contribution in [0, 0.1) is 0 Å². The number of aliphatic hydroxyl groups is 1. The first kappa shape index (κ1) is 13.6. The molecule has 0 bridgehead atoms. The van der Waals surface area contributed by atoms with Crippen LogP contribution in [0.4, 0.5) is 0 Å². The molecule has 0 amide bonds. The molecule has 2 aromatic rings. The van der Waals surface area contributed by atoms with Crippen LogP contribution in [0.25, 0.3) is 11.0 Å². The minimum atomic E-state index is -0.985. The molecule has 0 aliphatic rings. The molecule has 1 aromatic heterocycles. The third kappa shape index (κ3) is 2.94. The van der Waals surface area contributed by atoms with Crippen LogP contribution in [0.5, 0.6) is 0 Å². The third-order valence-corrected chi connectivity index (χ3v) is 3.40. The molecular weight excluding hydrogens is 294 g/mol. The fraction of sp³-hybridized carbons (Fsp3) is 0.429. The predicted molar refractivity (Wildman–Crippen MR) is 76.6 cm³/mol. The summed E-state index contributed by atoms with van der Waals surface area (Å²) in [6.07, 6.45) is 1.04. The number of furan rings is 1. The smallest absolute Gasteiger partial charge is 0.137 e. The maximum absolute atomic E-state index is 10.4. The molecule has 0 saturated heterocycles. The molecule has 0 spiro atoms. The van der Waals surface area contributed by atoms with Crippen LogP contribution in [0.1, 0.15) is 26.0 Å². The van der Waals surface area contributed by atoms with Gasteiger partial charge in [-0.05, 0) is 44.2 Å². The van der Waals surface area contributed by atoms with Gasteiger partial charge < -0.3 is 14.8 Å². The van der Waals surface area contributed by atoms with E-state index in [4.69, 9.17) is 4.42 Å². The molecule has 2 N–H and O–H groups in total. The lowest BCUT2D eigenvalue weighted by Crippen LogP contribution is -2.35. The van der Waals surface area contributed by atoms with Gasteiger partial charge in [-0.15, -0.1) is 0 Å². The molecule has 1 unspecified atom stereocenters. The van der Waals surface area contributed by atoms with Crippen LogP contribution in [-0.4, -0.2) is 18.2 Å². The van der Waals surface area contributed by atoms with Crippen molar-refractivity contribution in [1.82, 2.24) is 5.32 Å². The van der Waals surface area contributed by atoms with E-state index >= 15 is 0 Å². The fourth-order valence-corrected chi connectivity index (χ4v) is 2.25. The lowest BCUT2D eigenvalue weighted by Gasteiger charge is -2.20. The van der Waals surface area contributed by atoms with Crippen LogP contribution >= 0.6 is 15.9 Å². The van der Waals surface area contributed by atoms with Crippen molar-refractivity contribution < 1.29 is 9.52 Å². The number of hydrogen-bond acceptors (Lipinski definition) is 3. The zero-order valence-corrected chi connectivity index (χ0v) is 12.3. The largest absolute Gasteiger partial charge is 0.458 e. The molecule has 0 aliphatic heterocycles. The molecule has 0 saturated carbocycles. The number of fused-ring (bicyclic) bond motifs is 1. The maximum atomic E-state index is 10.4. The monoisotopic (exact) mass is 311 g/mol. The summed E-state index contributed by atoms with van der Waals surface area (Å²) in [6, 6.07) is 7.71. The van der Waals surface area contributed by atoms with Gasteiger partial charge in [0.1, 0.15) is 16.9 Å². The Hall–Kier alpha value is -0.840. The molecule has 0 fully saturated rings. The second kappa shape index (κ2) is 5.43. The third-order valence-electron chi connectivity index (χ3n) is 2.91. The molecular formula is C14H18BrNO2. The van der Waals surface area contributed by atoms with Crippen molar-refractivity contribution in [3.05, 3.63) is 34.5 Å². The van der Waals surface area contributed by atoms with Crippen molar-refractivity contribution in [1.29, 1.82) is 0 Å². The maximum Gasteiger partial charge on any atom is 0.137 e. The van der Waals surface area contributed by atoms with Crippen molar-refractivity contribution in [2.75, 3.05) is 13.1 Å². The summed E-state index contributed by atoms with van der Waals surface area (Å²) in [5.41, 5.74) is -0.190. The van der Waals surface area contributed by atoms with E-state index in [-0.39, 0.29) is 0 Å². The zero-order chi connectivity index (χ0) is 13.2. The minimum Gasteiger partial charge on any atom is -0.458 e. The Balaban J connectivity index is 2.24. The minimum absolute atomic E-state index is 0.488. The Morgan fingerprint density at radius 3 is 2.89 bits per heavy atom. The highest BCUT2D eigenvalue weighted by molar-refractivity contribution is 9.10. The Morgan fingerprint density at radius 2 is 2.17 bits per heavy atom. The molecule has 0 radical (unpaired) electrons. The summed E-state index contributed by atoms with van der Waals surface area (Å²) < 4.78 is 6.71. The molecule has 3 nitrogen and oxygen atoms in total. The lowest BCUT2D eigenvalue weighted by molar-refractivity contribution is 0.0361. The highest BCUT2D eigenvalue weighted by atomic mass is 79.9. The first-order valence-corrected chi connectivity index (χ1v) is 6.95. The number of rotatable bonds is 5. The normalized spacial score (nSPS) is 14.9. The fourth-order valence-electron chi connectivity index (χ4n) is 1.88. The Bertz CT molecular complexity index is 534. The van der Waals surface area contributed by atoms with Gasteiger partial charge in [0.25, 0.3) is 0 Å². The van der Waals surface area contributed by atoms with Crippen LogP contribution in [-0.2, 0) is 5.60 Å². The quantitative estimate of drug-likeness (QED) is 0.832. The van der Waals surface area contributed by atoms with E-state index in [1.54, 1.807) is 6.92 Å². The van der Waals surface area contributed by atoms with Gasteiger partial charge in [0.05, 0.1) is 0 Å². The van der Waals surface area contributed by atoms with Gasteiger partial charge in [0.15, 0.2) is 0 Å². The summed E-state index contributed by atoms with van der Waals surface area (Å²) in [6.45, 7) is 5.24. The van der Waals surface area contributed by atoms with E-state index in [2.05, 4.69) is 28.2 Å². The molecule has 0 aliphatic carbocycles. The van der Waals surface area contributed by atoms with E-state index in [1.807, 2.05) is 24.3 Å². The van der Waals surface area contributed by atoms with Crippen LogP contribution in [0.15, 0.2) is 33.2 Å². The van der Waals surface area contributed by atoms with E-state index in [1.165, 1.54) is 0 Å². The number of benzene rings is 1. The Labute approximate surface area is 115 Å². The van der Waals surface area contributed by atoms with Gasteiger partial charge in [-0.25, -0.2) is 0 Å². The van der Waals surface area contributed by atoms with Gasteiger partial charge in [0.2, 0.25) is 0 Å². The van der Waals surface area contributed by atoms with Crippen molar-refractivity contribution in [2.45, 2.75) is 25.9 Å². The highest BCUT2D eigenvalue weighted by Crippen LogP contribution is 2.29. The molecule has 98 valence electrons. The number of halogens is 1. The molecule has 2 rings (SSSR count). The van der Waals surface area contributed by atoms with Gasteiger partial charge in [-0.3, -0.25) is 0 Å². The lowest BCUT2D eigenvalue weighted by atomic mass is 10.0. The second-order valence-electron chi connectivity index (χ2n) is 4.74. The SMILES string of the molecule is CCCNCC(C)(O)c1cc2cc(Br)ccc2o1. The van der Waals surface area contributed by atoms with Gasteiger partial charge >= 0.3 is 0 Å². The van der Waals surface area contributed by atoms with Gasteiger partial charge in [-0.1, -0.05) is 22.9 Å². The molecule has 18 heavy (non-hydrogen) atoms. The summed E-state index contributed by atoms with van der Waals surface area (Å²) in [4.78, 5) is 0. The molecule has 1 aromatic carbocycles. The van der Waals surface area contributed by atoms with Crippen molar-refractivity contribution >= 4 is 26.9 Å². The molecule has 4 heteroatoms. The topological polar surface area (TPSA) is 45.4 Å². The van der Waals surface area contributed by atoms with Gasteiger partial charge in [0, 0.05) is 16.4 Å². The van der Waals surface area contributed by atoms with Crippen molar-refractivity contribution in [3.63, 3.8) is 0 Å². The average Bonchev–Trinajstić information content (AvgIpc) is 2.72. The van der Waals surface area contributed by atoms with Crippen LogP contribution in [0.2, 0.25) is 0 Å². The van der Waals surface area contributed by atoms with E-state index in [0.29, 0.717) is 12.3 Å². The summed E-state index contributed by atoms with van der Waals surface area (Å²) in [5.74, 6) is 0.596. The first-order valence-electron chi connectivity index (χ1n) is 6.15. The summed E-state index contributed by atoms with van der Waals surface area (Å²) in [7, 11) is 0. The summed E-state index contributed by atoms with van der Waals surface area (Å²) in [5, 5.41) is 14.6. The Morgan fingerprint density at radius 1 is 1.39 bits per heavy atom. The van der Waals surface area contributed by atoms with Crippen molar-refractivity contribution in [3.8, 4) is 0 Å². The van der Waals surface area contributed by atoms with Crippen LogP contribution < -0.4 is 5.32 Å². The van der Waals surface area contributed by atoms with E-state index in [9.17, 15) is 5.11 Å². The van der Waals surface area contributed by atoms with Gasteiger partial charge in [-0.2, -0.15) is 0 Å². The average molecular weight is 312 g/mol. The number of nitrogens with one attached hydrogen (secondary N) is 1. The molecule has 1 heterocycles. The predicted octanol–water partition coefficient (Wildman–Crippen LogP) is 3.40. The molecule has 1 atom stereocenters.